The zero-order valence-electron chi connectivity index (χ0n) is 17.3. The molecule has 5 nitrogen and oxygen atoms in total. The van der Waals surface area contributed by atoms with E-state index in [0.29, 0.717) is 22.8 Å². The van der Waals surface area contributed by atoms with Crippen LogP contribution >= 0.6 is 23.4 Å². The number of aryl methyl sites for hydroxylation is 2. The van der Waals surface area contributed by atoms with Gasteiger partial charge in [0.15, 0.2) is 5.16 Å². The highest BCUT2D eigenvalue weighted by Gasteiger charge is 2.10. The van der Waals surface area contributed by atoms with Crippen LogP contribution in [0.15, 0.2) is 78.0 Å². The number of halogens is 1. The number of nitrogens with zero attached hydrogens (tertiary/aromatic N) is 3. The molecule has 1 aromatic heterocycles. The van der Waals surface area contributed by atoms with Crippen LogP contribution in [0.5, 0.6) is 0 Å². The summed E-state index contributed by atoms with van der Waals surface area (Å²) >= 11 is 7.82. The van der Waals surface area contributed by atoms with Gasteiger partial charge in [0.1, 0.15) is 0 Å². The third kappa shape index (κ3) is 5.96. The second kappa shape index (κ2) is 9.81. The van der Waals surface area contributed by atoms with Gasteiger partial charge in [-0.25, -0.2) is 0 Å². The number of rotatable bonds is 7. The normalized spacial score (nSPS) is 10.7. The van der Waals surface area contributed by atoms with E-state index in [4.69, 9.17) is 11.6 Å². The van der Waals surface area contributed by atoms with Gasteiger partial charge in [0.2, 0.25) is 11.9 Å². The van der Waals surface area contributed by atoms with Crippen LogP contribution in [-0.4, -0.2) is 15.0 Å². The van der Waals surface area contributed by atoms with Crippen molar-refractivity contribution in [3.63, 3.8) is 0 Å². The number of nitrogens with one attached hydrogen (secondary N) is 2. The summed E-state index contributed by atoms with van der Waals surface area (Å²) in [4.78, 5) is 13.8. The van der Waals surface area contributed by atoms with E-state index < -0.39 is 0 Å². The molecule has 0 fully saturated rings. The van der Waals surface area contributed by atoms with Gasteiger partial charge in [-0.1, -0.05) is 77.0 Å². The highest BCUT2D eigenvalue weighted by Crippen LogP contribution is 2.27. The van der Waals surface area contributed by atoms with Crippen molar-refractivity contribution < 1.29 is 0 Å². The van der Waals surface area contributed by atoms with E-state index in [9.17, 15) is 0 Å². The van der Waals surface area contributed by atoms with Crippen molar-refractivity contribution in [2.24, 2.45) is 0 Å². The Balaban J connectivity index is 1.59. The van der Waals surface area contributed by atoms with Gasteiger partial charge in [-0.05, 0) is 49.7 Å². The number of hydrogen-bond acceptors (Lipinski definition) is 6. The van der Waals surface area contributed by atoms with E-state index >= 15 is 0 Å². The van der Waals surface area contributed by atoms with Crippen LogP contribution in [0.4, 0.5) is 23.3 Å². The molecule has 0 saturated heterocycles. The van der Waals surface area contributed by atoms with E-state index in [0.717, 1.165) is 22.0 Å². The standard InChI is InChI=1S/C24H22ClN5S/c1-16-7-11-19(12-8-16)26-22-28-23(27-20-13-9-17(2)10-14-20)30-24(29-22)31-15-18-5-3-4-6-21(18)25/h3-14H,15H2,1-2H3,(H2,26,27,28,29,30). The summed E-state index contributed by atoms with van der Waals surface area (Å²) in [5.41, 5.74) is 5.26. The van der Waals surface area contributed by atoms with Crippen LogP contribution in [0.25, 0.3) is 0 Å². The van der Waals surface area contributed by atoms with E-state index in [2.05, 4.69) is 39.4 Å². The van der Waals surface area contributed by atoms with Gasteiger partial charge in [0.25, 0.3) is 0 Å². The molecule has 0 aliphatic carbocycles. The Labute approximate surface area is 191 Å². The smallest absolute Gasteiger partial charge is 0.233 e. The van der Waals surface area contributed by atoms with Crippen LogP contribution in [0.3, 0.4) is 0 Å². The highest BCUT2D eigenvalue weighted by molar-refractivity contribution is 7.98. The van der Waals surface area contributed by atoms with Crippen LogP contribution in [0.2, 0.25) is 5.02 Å². The lowest BCUT2D eigenvalue weighted by molar-refractivity contribution is 0.920. The molecule has 4 rings (SSSR count). The monoisotopic (exact) mass is 447 g/mol. The van der Waals surface area contributed by atoms with Gasteiger partial charge in [0, 0.05) is 22.2 Å². The van der Waals surface area contributed by atoms with Gasteiger partial charge >= 0.3 is 0 Å². The first-order chi connectivity index (χ1) is 15.0. The topological polar surface area (TPSA) is 62.7 Å². The number of thioether (sulfide) groups is 1. The van der Waals surface area contributed by atoms with Gasteiger partial charge in [-0.15, -0.1) is 0 Å². The second-order valence-corrected chi connectivity index (χ2v) is 8.48. The highest BCUT2D eigenvalue weighted by atomic mass is 35.5. The number of anilines is 4. The van der Waals surface area contributed by atoms with Crippen LogP contribution in [-0.2, 0) is 5.75 Å². The largest absolute Gasteiger partial charge is 0.324 e. The summed E-state index contributed by atoms with van der Waals surface area (Å²) in [6, 6.07) is 24.0. The van der Waals surface area contributed by atoms with Gasteiger partial charge < -0.3 is 10.6 Å². The van der Waals surface area contributed by atoms with Gasteiger partial charge in [-0.2, -0.15) is 15.0 Å². The maximum atomic E-state index is 6.30. The Morgan fingerprint density at radius 2 is 1.23 bits per heavy atom. The third-order valence-electron chi connectivity index (χ3n) is 4.54. The fraction of sp³-hybridized carbons (Fsp3) is 0.125. The maximum absolute atomic E-state index is 6.30. The average Bonchev–Trinajstić information content (AvgIpc) is 2.76. The minimum Gasteiger partial charge on any atom is -0.324 e. The zero-order valence-corrected chi connectivity index (χ0v) is 18.8. The lowest BCUT2D eigenvalue weighted by Crippen LogP contribution is -2.05. The summed E-state index contributed by atoms with van der Waals surface area (Å²) in [6.07, 6.45) is 0. The quantitative estimate of drug-likeness (QED) is 0.300. The summed E-state index contributed by atoms with van der Waals surface area (Å²) in [5, 5.41) is 7.90. The average molecular weight is 448 g/mol. The van der Waals surface area contributed by atoms with E-state index in [1.807, 2.05) is 72.8 Å². The molecule has 4 aromatic rings. The molecule has 0 bridgehead atoms. The Bertz CT molecular complexity index is 1100. The van der Waals surface area contributed by atoms with Crippen LogP contribution < -0.4 is 10.6 Å². The molecule has 2 N–H and O–H groups in total. The fourth-order valence-electron chi connectivity index (χ4n) is 2.82. The van der Waals surface area contributed by atoms with E-state index in [-0.39, 0.29) is 0 Å². The summed E-state index contributed by atoms with van der Waals surface area (Å²) in [5.74, 6) is 1.63. The maximum Gasteiger partial charge on any atom is 0.233 e. The van der Waals surface area contributed by atoms with Crippen molar-refractivity contribution >= 4 is 46.6 Å². The molecule has 0 saturated carbocycles. The molecular formula is C24H22ClN5S. The minimum absolute atomic E-state index is 0.482. The first-order valence-corrected chi connectivity index (χ1v) is 11.2. The first kappa shape index (κ1) is 21.2. The van der Waals surface area contributed by atoms with Crippen molar-refractivity contribution in [3.05, 3.63) is 94.5 Å². The second-order valence-electron chi connectivity index (χ2n) is 7.13. The van der Waals surface area contributed by atoms with Gasteiger partial charge in [0.05, 0.1) is 0 Å². The van der Waals surface area contributed by atoms with Crippen LogP contribution in [0.1, 0.15) is 16.7 Å². The summed E-state index contributed by atoms with van der Waals surface area (Å²) < 4.78 is 0. The molecule has 0 radical (unpaired) electrons. The first-order valence-electron chi connectivity index (χ1n) is 9.85. The molecule has 0 spiro atoms. The molecule has 3 aromatic carbocycles. The molecule has 0 atom stereocenters. The Morgan fingerprint density at radius 3 is 1.74 bits per heavy atom. The molecule has 156 valence electrons. The van der Waals surface area contributed by atoms with Crippen molar-refractivity contribution in [2.45, 2.75) is 24.8 Å². The minimum atomic E-state index is 0.482. The molecule has 7 heteroatoms. The molecule has 0 unspecified atom stereocenters. The lowest BCUT2D eigenvalue weighted by Gasteiger charge is -2.11. The van der Waals surface area contributed by atoms with E-state index in [1.54, 1.807) is 0 Å². The van der Waals surface area contributed by atoms with Crippen LogP contribution in [0, 0.1) is 13.8 Å². The third-order valence-corrected chi connectivity index (χ3v) is 5.81. The predicted octanol–water partition coefficient (Wildman–Crippen LogP) is 6.92. The summed E-state index contributed by atoms with van der Waals surface area (Å²) in [6.45, 7) is 4.11. The van der Waals surface area contributed by atoms with Crippen molar-refractivity contribution in [2.75, 3.05) is 10.6 Å². The molecular weight excluding hydrogens is 426 g/mol. The lowest BCUT2D eigenvalue weighted by atomic mass is 10.2. The van der Waals surface area contributed by atoms with E-state index in [1.165, 1.54) is 22.9 Å². The molecule has 1 heterocycles. The number of hydrogen-bond donors (Lipinski definition) is 2. The number of aromatic nitrogens is 3. The predicted molar refractivity (Wildman–Crippen MR) is 130 cm³/mol. The SMILES string of the molecule is Cc1ccc(Nc2nc(Nc3ccc(C)cc3)nc(SCc3ccccc3Cl)n2)cc1. The van der Waals surface area contributed by atoms with Crippen molar-refractivity contribution in [1.82, 2.24) is 15.0 Å². The molecule has 0 aliphatic heterocycles. The fourth-order valence-corrected chi connectivity index (χ4v) is 3.94. The zero-order chi connectivity index (χ0) is 21.6. The Hall–Kier alpha value is -3.09. The summed E-state index contributed by atoms with van der Waals surface area (Å²) in [7, 11) is 0. The van der Waals surface area contributed by atoms with Crippen molar-refractivity contribution in [1.29, 1.82) is 0 Å². The Morgan fingerprint density at radius 1 is 0.710 bits per heavy atom. The molecule has 0 amide bonds. The Kier molecular flexibility index (Phi) is 6.70. The van der Waals surface area contributed by atoms with Crippen molar-refractivity contribution in [3.8, 4) is 0 Å². The molecule has 0 aliphatic rings. The number of benzene rings is 3. The molecule has 31 heavy (non-hydrogen) atoms. The van der Waals surface area contributed by atoms with Gasteiger partial charge in [-0.3, -0.25) is 0 Å².